The van der Waals surface area contributed by atoms with Crippen LogP contribution in [0.15, 0.2) is 30.3 Å². The van der Waals surface area contributed by atoms with Crippen molar-refractivity contribution in [2.24, 2.45) is 0 Å². The zero-order chi connectivity index (χ0) is 14.6. The van der Waals surface area contributed by atoms with Crippen LogP contribution in [0.1, 0.15) is 24.8 Å². The van der Waals surface area contributed by atoms with Gasteiger partial charge in [0.25, 0.3) is 0 Å². The first kappa shape index (κ1) is 15.5. The maximum Gasteiger partial charge on any atom is 0.151 e. The van der Waals surface area contributed by atoms with Crippen LogP contribution < -0.4 is 5.32 Å². The highest BCUT2D eigenvalue weighted by Gasteiger charge is 2.35. The molecule has 1 aromatic carbocycles. The molecule has 4 nitrogen and oxygen atoms in total. The van der Waals surface area contributed by atoms with E-state index in [9.17, 15) is 13.5 Å². The molecular weight excluding hydrogens is 274 g/mol. The third-order valence-corrected chi connectivity index (χ3v) is 5.66. The van der Waals surface area contributed by atoms with Crippen molar-refractivity contribution in [1.29, 1.82) is 0 Å². The Hall–Kier alpha value is -0.910. The molecule has 1 aromatic rings. The first-order valence-electron chi connectivity index (χ1n) is 7.10. The van der Waals surface area contributed by atoms with Gasteiger partial charge in [-0.25, -0.2) is 8.42 Å². The van der Waals surface area contributed by atoms with Gasteiger partial charge in [0.15, 0.2) is 9.84 Å². The van der Waals surface area contributed by atoms with Crippen LogP contribution in [0, 0.1) is 0 Å². The molecule has 1 saturated carbocycles. The fourth-order valence-electron chi connectivity index (χ4n) is 3.01. The summed E-state index contributed by atoms with van der Waals surface area (Å²) in [6.45, 7) is 0.0158. The molecule has 1 fully saturated rings. The molecule has 2 rings (SSSR count). The smallest absolute Gasteiger partial charge is 0.151 e. The van der Waals surface area contributed by atoms with E-state index < -0.39 is 9.84 Å². The molecule has 0 bridgehead atoms. The van der Waals surface area contributed by atoms with Crippen LogP contribution >= 0.6 is 0 Å². The summed E-state index contributed by atoms with van der Waals surface area (Å²) in [6.07, 6.45) is 4.54. The van der Waals surface area contributed by atoms with E-state index in [-0.39, 0.29) is 23.9 Å². The number of aliphatic hydroxyl groups excluding tert-OH is 1. The monoisotopic (exact) mass is 297 g/mol. The molecule has 1 aliphatic rings. The second-order valence-corrected chi connectivity index (χ2v) is 7.91. The molecule has 3 atom stereocenters. The van der Waals surface area contributed by atoms with Crippen molar-refractivity contribution in [3.8, 4) is 0 Å². The van der Waals surface area contributed by atoms with E-state index in [1.165, 1.54) is 6.26 Å². The minimum atomic E-state index is -3.02. The van der Waals surface area contributed by atoms with Crippen LogP contribution in [0.25, 0.3) is 0 Å². The zero-order valence-corrected chi connectivity index (χ0v) is 12.6. The second kappa shape index (κ2) is 6.70. The SMILES string of the molecule is CS(=O)(=O)C1CCCC1NC(CO)Cc1ccccc1. The van der Waals surface area contributed by atoms with Gasteiger partial charge in [0, 0.05) is 18.3 Å². The van der Waals surface area contributed by atoms with Gasteiger partial charge in [0.1, 0.15) is 0 Å². The average molecular weight is 297 g/mol. The summed E-state index contributed by atoms with van der Waals surface area (Å²) in [5.41, 5.74) is 1.15. The lowest BCUT2D eigenvalue weighted by Crippen LogP contribution is -2.47. The first-order valence-corrected chi connectivity index (χ1v) is 9.06. The molecule has 112 valence electrons. The standard InChI is InChI=1S/C15H23NO3S/c1-20(18,19)15-9-5-8-14(15)16-13(11-17)10-12-6-3-2-4-7-12/h2-4,6-7,13-17H,5,8-11H2,1H3. The third-order valence-electron chi connectivity index (χ3n) is 4.00. The molecule has 0 heterocycles. The summed E-state index contributed by atoms with van der Waals surface area (Å²) >= 11 is 0. The maximum atomic E-state index is 11.8. The maximum absolute atomic E-state index is 11.8. The van der Waals surface area contributed by atoms with E-state index >= 15 is 0 Å². The lowest BCUT2D eigenvalue weighted by atomic mass is 10.1. The van der Waals surface area contributed by atoms with Crippen LogP contribution in [0.2, 0.25) is 0 Å². The third kappa shape index (κ3) is 4.04. The van der Waals surface area contributed by atoms with Gasteiger partial charge in [-0.3, -0.25) is 0 Å². The predicted octanol–water partition coefficient (Wildman–Crippen LogP) is 1.15. The lowest BCUT2D eigenvalue weighted by Gasteiger charge is -2.25. The minimum absolute atomic E-state index is 0.0158. The molecule has 20 heavy (non-hydrogen) atoms. The number of aliphatic hydroxyl groups is 1. The highest BCUT2D eigenvalue weighted by molar-refractivity contribution is 7.91. The Morgan fingerprint density at radius 1 is 1.30 bits per heavy atom. The number of sulfone groups is 1. The quantitative estimate of drug-likeness (QED) is 0.826. The second-order valence-electron chi connectivity index (χ2n) is 5.64. The molecule has 0 aliphatic heterocycles. The molecular formula is C15H23NO3S. The van der Waals surface area contributed by atoms with Crippen LogP contribution in [0.5, 0.6) is 0 Å². The molecule has 0 saturated heterocycles. The van der Waals surface area contributed by atoms with Crippen molar-refractivity contribution < 1.29 is 13.5 Å². The Bertz CT molecular complexity index is 515. The van der Waals surface area contributed by atoms with Crippen molar-refractivity contribution >= 4 is 9.84 Å². The van der Waals surface area contributed by atoms with Crippen LogP contribution in [0.4, 0.5) is 0 Å². The van der Waals surface area contributed by atoms with Crippen molar-refractivity contribution in [2.45, 2.75) is 43.0 Å². The van der Waals surface area contributed by atoms with E-state index in [2.05, 4.69) is 5.32 Å². The summed E-state index contributed by atoms with van der Waals surface area (Å²) in [5.74, 6) is 0. The molecule has 0 amide bonds. The average Bonchev–Trinajstić information content (AvgIpc) is 2.87. The highest BCUT2D eigenvalue weighted by atomic mass is 32.2. The Labute approximate surface area is 121 Å². The van der Waals surface area contributed by atoms with Crippen molar-refractivity contribution in [3.05, 3.63) is 35.9 Å². The Morgan fingerprint density at radius 3 is 2.60 bits per heavy atom. The number of hydrogen-bond donors (Lipinski definition) is 2. The van der Waals surface area contributed by atoms with E-state index in [0.29, 0.717) is 6.42 Å². The summed E-state index contributed by atoms with van der Waals surface area (Å²) in [7, 11) is -3.02. The van der Waals surface area contributed by atoms with Crippen molar-refractivity contribution in [2.75, 3.05) is 12.9 Å². The molecule has 1 aliphatic carbocycles. The Balaban J connectivity index is 1.99. The summed E-state index contributed by atoms with van der Waals surface area (Å²) < 4.78 is 23.5. The number of benzene rings is 1. The highest BCUT2D eigenvalue weighted by Crippen LogP contribution is 2.25. The molecule has 3 unspecified atom stereocenters. The molecule has 0 spiro atoms. The normalized spacial score (nSPS) is 24.7. The first-order chi connectivity index (χ1) is 9.50. The lowest BCUT2D eigenvalue weighted by molar-refractivity contribution is 0.230. The summed E-state index contributed by atoms with van der Waals surface area (Å²) in [4.78, 5) is 0. The number of nitrogens with one attached hydrogen (secondary N) is 1. The van der Waals surface area contributed by atoms with E-state index in [1.807, 2.05) is 30.3 Å². The van der Waals surface area contributed by atoms with Gasteiger partial charge in [0.05, 0.1) is 11.9 Å². The van der Waals surface area contributed by atoms with Gasteiger partial charge >= 0.3 is 0 Å². The van der Waals surface area contributed by atoms with Crippen LogP contribution in [0.3, 0.4) is 0 Å². The molecule has 0 radical (unpaired) electrons. The van der Waals surface area contributed by atoms with Gasteiger partial charge < -0.3 is 10.4 Å². The van der Waals surface area contributed by atoms with E-state index in [0.717, 1.165) is 24.8 Å². The topological polar surface area (TPSA) is 66.4 Å². The number of hydrogen-bond acceptors (Lipinski definition) is 4. The Morgan fingerprint density at radius 2 is 2.00 bits per heavy atom. The number of rotatable bonds is 6. The van der Waals surface area contributed by atoms with Crippen molar-refractivity contribution in [3.63, 3.8) is 0 Å². The van der Waals surface area contributed by atoms with Gasteiger partial charge in [-0.2, -0.15) is 0 Å². The minimum Gasteiger partial charge on any atom is -0.395 e. The van der Waals surface area contributed by atoms with Crippen LogP contribution in [-0.2, 0) is 16.3 Å². The summed E-state index contributed by atoms with van der Waals surface area (Å²) in [5, 5.41) is 12.6. The van der Waals surface area contributed by atoms with Gasteiger partial charge in [0.2, 0.25) is 0 Å². The molecule has 0 aromatic heterocycles. The van der Waals surface area contributed by atoms with Gasteiger partial charge in [-0.1, -0.05) is 36.8 Å². The van der Waals surface area contributed by atoms with Gasteiger partial charge in [-0.05, 0) is 24.8 Å². The fourth-order valence-corrected chi connectivity index (χ4v) is 4.41. The van der Waals surface area contributed by atoms with E-state index in [4.69, 9.17) is 0 Å². The van der Waals surface area contributed by atoms with Crippen molar-refractivity contribution in [1.82, 2.24) is 5.32 Å². The zero-order valence-electron chi connectivity index (χ0n) is 11.8. The van der Waals surface area contributed by atoms with Crippen LogP contribution in [-0.4, -0.2) is 43.7 Å². The predicted molar refractivity (Wildman–Crippen MR) is 80.4 cm³/mol. The molecule has 2 N–H and O–H groups in total. The Kier molecular flexibility index (Phi) is 5.18. The summed E-state index contributed by atoms with van der Waals surface area (Å²) in [6, 6.07) is 9.81. The fraction of sp³-hybridized carbons (Fsp3) is 0.600. The largest absolute Gasteiger partial charge is 0.395 e. The van der Waals surface area contributed by atoms with E-state index in [1.54, 1.807) is 0 Å². The van der Waals surface area contributed by atoms with Gasteiger partial charge in [-0.15, -0.1) is 0 Å². The molecule has 5 heteroatoms.